The second-order valence-electron chi connectivity index (χ2n) is 5.54. The van der Waals surface area contributed by atoms with E-state index in [9.17, 15) is 0 Å². The van der Waals surface area contributed by atoms with E-state index in [2.05, 4.69) is 32.2 Å². The van der Waals surface area contributed by atoms with Crippen molar-refractivity contribution < 1.29 is 9.47 Å². The van der Waals surface area contributed by atoms with Gasteiger partial charge in [-0.15, -0.1) is 0 Å². The van der Waals surface area contributed by atoms with Crippen molar-refractivity contribution >= 4 is 0 Å². The Labute approximate surface area is 123 Å². The first kappa shape index (κ1) is 16.8. The van der Waals surface area contributed by atoms with Gasteiger partial charge in [-0.3, -0.25) is 0 Å². The van der Waals surface area contributed by atoms with Gasteiger partial charge in [0, 0.05) is 11.6 Å². The van der Waals surface area contributed by atoms with Crippen LogP contribution in [0.5, 0.6) is 11.5 Å². The van der Waals surface area contributed by atoms with Crippen LogP contribution in [0.15, 0.2) is 18.2 Å². The lowest BCUT2D eigenvalue weighted by atomic mass is 9.97. The predicted molar refractivity (Wildman–Crippen MR) is 84.7 cm³/mol. The first-order chi connectivity index (χ1) is 9.62. The smallest absolute Gasteiger partial charge is 0.123 e. The summed E-state index contributed by atoms with van der Waals surface area (Å²) in [5.74, 6) is 2.57. The maximum atomic E-state index is 5.50. The maximum Gasteiger partial charge on any atom is 0.123 e. The molecular weight excluding hydrogens is 250 g/mol. The van der Waals surface area contributed by atoms with E-state index < -0.39 is 0 Å². The normalized spacial score (nSPS) is 12.5. The number of nitrogens with one attached hydrogen (secondary N) is 1. The first-order valence-corrected chi connectivity index (χ1v) is 7.57. The Morgan fingerprint density at radius 1 is 1.10 bits per heavy atom. The zero-order valence-corrected chi connectivity index (χ0v) is 13.5. The highest BCUT2D eigenvalue weighted by molar-refractivity contribution is 5.42. The third-order valence-electron chi connectivity index (χ3n) is 3.54. The molecule has 0 aliphatic rings. The molecule has 0 aromatic heterocycles. The minimum Gasteiger partial charge on any atom is -0.497 e. The highest BCUT2D eigenvalue weighted by Crippen LogP contribution is 2.32. The monoisotopic (exact) mass is 279 g/mol. The summed E-state index contributed by atoms with van der Waals surface area (Å²) in [5.41, 5.74) is 1.19. The average Bonchev–Trinajstić information content (AvgIpc) is 2.45. The van der Waals surface area contributed by atoms with Gasteiger partial charge in [0.15, 0.2) is 0 Å². The predicted octanol–water partition coefficient (Wildman–Crippen LogP) is 4.18. The van der Waals surface area contributed by atoms with Gasteiger partial charge in [-0.1, -0.05) is 33.6 Å². The molecule has 1 aromatic rings. The number of hydrogen-bond donors (Lipinski definition) is 1. The molecule has 0 fully saturated rings. The summed E-state index contributed by atoms with van der Waals surface area (Å²) in [4.78, 5) is 0. The molecule has 0 heterocycles. The van der Waals surface area contributed by atoms with E-state index in [0.717, 1.165) is 30.4 Å². The van der Waals surface area contributed by atoms with Crippen LogP contribution in [-0.2, 0) is 0 Å². The third kappa shape index (κ3) is 5.04. The van der Waals surface area contributed by atoms with Crippen LogP contribution in [0.2, 0.25) is 0 Å². The van der Waals surface area contributed by atoms with Crippen molar-refractivity contribution in [1.29, 1.82) is 0 Å². The fourth-order valence-electron chi connectivity index (χ4n) is 2.46. The second-order valence-corrected chi connectivity index (χ2v) is 5.54. The first-order valence-electron chi connectivity index (χ1n) is 7.57. The molecule has 0 saturated heterocycles. The molecule has 3 nitrogen and oxygen atoms in total. The molecule has 0 radical (unpaired) electrons. The molecule has 0 amide bonds. The van der Waals surface area contributed by atoms with E-state index in [1.807, 2.05) is 12.1 Å². The zero-order chi connectivity index (χ0) is 15.0. The van der Waals surface area contributed by atoms with Gasteiger partial charge >= 0.3 is 0 Å². The number of ether oxygens (including phenoxy) is 2. The number of rotatable bonds is 9. The number of methoxy groups -OCH3 is 2. The Morgan fingerprint density at radius 3 is 2.40 bits per heavy atom. The van der Waals surface area contributed by atoms with Crippen molar-refractivity contribution in [3.63, 3.8) is 0 Å². The molecule has 20 heavy (non-hydrogen) atoms. The molecule has 114 valence electrons. The second kappa shape index (κ2) is 8.85. The standard InChI is InChI=1S/C17H29NO2/c1-6-18-16(9-7-8-13(2)3)15-12-14(19-4)10-11-17(15)20-5/h10-13,16,18H,6-9H2,1-5H3. The Hall–Kier alpha value is -1.22. The lowest BCUT2D eigenvalue weighted by Gasteiger charge is -2.22. The number of hydrogen-bond acceptors (Lipinski definition) is 3. The summed E-state index contributed by atoms with van der Waals surface area (Å²) in [6, 6.07) is 6.34. The summed E-state index contributed by atoms with van der Waals surface area (Å²) in [6.45, 7) is 7.64. The summed E-state index contributed by atoms with van der Waals surface area (Å²) in [7, 11) is 3.43. The van der Waals surface area contributed by atoms with Gasteiger partial charge in [0.1, 0.15) is 11.5 Å². The van der Waals surface area contributed by atoms with Gasteiger partial charge in [-0.2, -0.15) is 0 Å². The summed E-state index contributed by atoms with van der Waals surface area (Å²) in [5, 5.41) is 3.56. The van der Waals surface area contributed by atoms with Crippen LogP contribution in [0, 0.1) is 5.92 Å². The number of benzene rings is 1. The van der Waals surface area contributed by atoms with Crippen LogP contribution >= 0.6 is 0 Å². The summed E-state index contributed by atoms with van der Waals surface area (Å²) < 4.78 is 10.8. The summed E-state index contributed by atoms with van der Waals surface area (Å²) in [6.07, 6.45) is 3.60. The molecule has 0 saturated carbocycles. The molecule has 0 aliphatic carbocycles. The van der Waals surface area contributed by atoms with E-state index in [4.69, 9.17) is 9.47 Å². The Balaban J connectivity index is 2.88. The van der Waals surface area contributed by atoms with Gasteiger partial charge in [0.2, 0.25) is 0 Å². The SMILES string of the molecule is CCNC(CCCC(C)C)c1cc(OC)ccc1OC. The van der Waals surface area contributed by atoms with E-state index in [1.54, 1.807) is 14.2 Å². The Bertz CT molecular complexity index is 391. The molecule has 1 unspecified atom stereocenters. The average molecular weight is 279 g/mol. The lowest BCUT2D eigenvalue weighted by Crippen LogP contribution is -2.21. The molecular formula is C17H29NO2. The Kier molecular flexibility index (Phi) is 7.45. The maximum absolute atomic E-state index is 5.50. The molecule has 0 aliphatic heterocycles. The molecule has 0 spiro atoms. The topological polar surface area (TPSA) is 30.5 Å². The summed E-state index contributed by atoms with van der Waals surface area (Å²) >= 11 is 0. The van der Waals surface area contributed by atoms with Crippen LogP contribution in [-0.4, -0.2) is 20.8 Å². The minimum absolute atomic E-state index is 0.323. The third-order valence-corrected chi connectivity index (χ3v) is 3.54. The lowest BCUT2D eigenvalue weighted by molar-refractivity contribution is 0.382. The van der Waals surface area contributed by atoms with Gasteiger partial charge in [0.05, 0.1) is 14.2 Å². The van der Waals surface area contributed by atoms with Crippen molar-refractivity contribution in [2.75, 3.05) is 20.8 Å². The fourth-order valence-corrected chi connectivity index (χ4v) is 2.46. The Morgan fingerprint density at radius 2 is 1.85 bits per heavy atom. The van der Waals surface area contributed by atoms with Gasteiger partial charge in [0.25, 0.3) is 0 Å². The van der Waals surface area contributed by atoms with Crippen LogP contribution in [0.3, 0.4) is 0 Å². The minimum atomic E-state index is 0.323. The van der Waals surface area contributed by atoms with Crippen LogP contribution < -0.4 is 14.8 Å². The van der Waals surface area contributed by atoms with Crippen molar-refractivity contribution in [2.24, 2.45) is 5.92 Å². The van der Waals surface area contributed by atoms with E-state index in [-0.39, 0.29) is 0 Å². The largest absolute Gasteiger partial charge is 0.497 e. The highest BCUT2D eigenvalue weighted by atomic mass is 16.5. The van der Waals surface area contributed by atoms with E-state index in [0.29, 0.717) is 6.04 Å². The quantitative estimate of drug-likeness (QED) is 0.735. The van der Waals surface area contributed by atoms with Gasteiger partial charge < -0.3 is 14.8 Å². The van der Waals surface area contributed by atoms with Crippen LogP contribution in [0.4, 0.5) is 0 Å². The van der Waals surface area contributed by atoms with E-state index >= 15 is 0 Å². The van der Waals surface area contributed by atoms with Crippen molar-refractivity contribution in [3.05, 3.63) is 23.8 Å². The van der Waals surface area contributed by atoms with Crippen molar-refractivity contribution in [1.82, 2.24) is 5.32 Å². The highest BCUT2D eigenvalue weighted by Gasteiger charge is 2.16. The van der Waals surface area contributed by atoms with Crippen molar-refractivity contribution in [3.8, 4) is 11.5 Å². The van der Waals surface area contributed by atoms with Crippen molar-refractivity contribution in [2.45, 2.75) is 46.1 Å². The van der Waals surface area contributed by atoms with Gasteiger partial charge in [-0.25, -0.2) is 0 Å². The fraction of sp³-hybridized carbons (Fsp3) is 0.647. The molecule has 0 bridgehead atoms. The van der Waals surface area contributed by atoms with E-state index in [1.165, 1.54) is 18.4 Å². The molecule has 3 heteroatoms. The zero-order valence-electron chi connectivity index (χ0n) is 13.5. The molecule has 1 aromatic carbocycles. The molecule has 1 rings (SSSR count). The van der Waals surface area contributed by atoms with Crippen LogP contribution in [0.25, 0.3) is 0 Å². The van der Waals surface area contributed by atoms with Gasteiger partial charge in [-0.05, 0) is 37.1 Å². The molecule has 1 atom stereocenters. The molecule has 1 N–H and O–H groups in total. The van der Waals surface area contributed by atoms with Crippen LogP contribution in [0.1, 0.15) is 51.6 Å².